The van der Waals surface area contributed by atoms with Gasteiger partial charge in [0.05, 0.1) is 28.9 Å². The van der Waals surface area contributed by atoms with E-state index in [1.165, 1.54) is 47.3 Å². The largest absolute Gasteiger partial charge is 0.469 e. The second-order valence-electron chi connectivity index (χ2n) is 10.8. The van der Waals surface area contributed by atoms with E-state index < -0.39 is 28.3 Å². The lowest BCUT2D eigenvalue weighted by atomic mass is 10.0. The number of aliphatic hydroxyl groups excluding tert-OH is 1. The molecule has 0 radical (unpaired) electrons. The van der Waals surface area contributed by atoms with Gasteiger partial charge in [-0.25, -0.2) is 18.2 Å². The Morgan fingerprint density at radius 3 is 2.52 bits per heavy atom. The second-order valence-corrected chi connectivity index (χ2v) is 12.8. The van der Waals surface area contributed by atoms with E-state index in [0.29, 0.717) is 34.3 Å². The summed E-state index contributed by atoms with van der Waals surface area (Å²) in [6, 6.07) is 16.9. The Balaban J connectivity index is 1.34. The van der Waals surface area contributed by atoms with Crippen LogP contribution in [-0.4, -0.2) is 60.9 Å². The fraction of sp³-hybridized carbons (Fsp3) is 0.281. The summed E-state index contributed by atoms with van der Waals surface area (Å²) in [5, 5.41) is 23.1. The van der Waals surface area contributed by atoms with E-state index in [0.717, 1.165) is 0 Å². The van der Waals surface area contributed by atoms with Gasteiger partial charge < -0.3 is 33.8 Å². The van der Waals surface area contributed by atoms with Crippen LogP contribution in [0.5, 0.6) is 28.9 Å². The molecular weight excluding hydrogens is 616 g/mol. The van der Waals surface area contributed by atoms with Crippen molar-refractivity contribution in [3.63, 3.8) is 0 Å². The molecule has 0 saturated heterocycles. The van der Waals surface area contributed by atoms with Crippen LogP contribution in [0.4, 0.5) is 4.79 Å². The molecule has 0 bridgehead atoms. The topological polar surface area (TPSA) is 173 Å². The van der Waals surface area contributed by atoms with Gasteiger partial charge in [0.1, 0.15) is 18.1 Å². The predicted molar refractivity (Wildman–Crippen MR) is 163 cm³/mol. The Bertz CT molecular complexity index is 1770. The van der Waals surface area contributed by atoms with Crippen LogP contribution in [0.3, 0.4) is 0 Å². The number of nitrogens with one attached hydrogen (secondary N) is 1. The molecule has 3 heterocycles. The highest BCUT2D eigenvalue weighted by Gasteiger charge is 2.32. The van der Waals surface area contributed by atoms with Crippen molar-refractivity contribution in [3.05, 3.63) is 90.5 Å². The SMILES string of the molecule is CC(C)CN(C[C@@H](O)[C@H](Cc1ccc(Oc2ccc(C#N)cn2)cc1)NC(=O)Oc1ccoc1)S(=O)(=O)c1ccc2c(c1)OCO2. The van der Waals surface area contributed by atoms with Crippen LogP contribution in [0, 0.1) is 17.2 Å². The molecule has 2 aromatic heterocycles. The average molecular weight is 649 g/mol. The molecule has 0 spiro atoms. The number of carbonyl (C=O) groups excluding carboxylic acids is 1. The molecule has 0 fully saturated rings. The summed E-state index contributed by atoms with van der Waals surface area (Å²) < 4.78 is 55.4. The molecule has 4 aromatic rings. The highest BCUT2D eigenvalue weighted by Crippen LogP contribution is 2.35. The molecule has 2 atom stereocenters. The third kappa shape index (κ3) is 8.13. The number of amides is 1. The van der Waals surface area contributed by atoms with Crippen LogP contribution >= 0.6 is 0 Å². The number of furan rings is 1. The maximum absolute atomic E-state index is 13.8. The smallest absolute Gasteiger partial charge is 0.413 e. The first-order valence-electron chi connectivity index (χ1n) is 14.3. The molecule has 1 aliphatic heterocycles. The fourth-order valence-corrected chi connectivity index (χ4v) is 6.29. The molecule has 240 valence electrons. The zero-order valence-corrected chi connectivity index (χ0v) is 25.8. The number of pyridine rings is 1. The Kier molecular flexibility index (Phi) is 10.1. The summed E-state index contributed by atoms with van der Waals surface area (Å²) in [6.07, 6.45) is 1.91. The summed E-state index contributed by atoms with van der Waals surface area (Å²) >= 11 is 0. The van der Waals surface area contributed by atoms with Gasteiger partial charge in [-0.3, -0.25) is 0 Å². The molecule has 0 aliphatic carbocycles. The van der Waals surface area contributed by atoms with Gasteiger partial charge in [0.2, 0.25) is 22.7 Å². The van der Waals surface area contributed by atoms with Crippen LogP contribution in [0.2, 0.25) is 0 Å². The molecule has 0 unspecified atom stereocenters. The number of fused-ring (bicyclic) bond motifs is 1. The predicted octanol–water partition coefficient (Wildman–Crippen LogP) is 4.47. The number of benzene rings is 2. The molecule has 46 heavy (non-hydrogen) atoms. The number of ether oxygens (including phenoxy) is 4. The van der Waals surface area contributed by atoms with Gasteiger partial charge in [0, 0.05) is 37.5 Å². The minimum atomic E-state index is -4.09. The summed E-state index contributed by atoms with van der Waals surface area (Å²) in [4.78, 5) is 16.9. The standard InChI is InChI=1S/C32H32N4O9S/c1-21(2)17-36(46(39,40)26-8-9-29-30(14-26)43-20-42-29)18-28(37)27(35-32(38)45-25-11-12-41-19-25)13-22-3-6-24(7-4-22)44-31-10-5-23(15-33)16-34-31/h3-12,14,16,19,21,27-28,37H,13,17-18,20H2,1-2H3,(H,35,38)/t27-,28+/m0/s1. The lowest BCUT2D eigenvalue weighted by molar-refractivity contribution is 0.0991. The quantitative estimate of drug-likeness (QED) is 0.209. The zero-order valence-electron chi connectivity index (χ0n) is 25.0. The summed E-state index contributed by atoms with van der Waals surface area (Å²) in [6.45, 7) is 3.51. The number of aliphatic hydroxyl groups is 1. The second kappa shape index (κ2) is 14.3. The first-order valence-corrected chi connectivity index (χ1v) is 15.8. The summed E-state index contributed by atoms with van der Waals surface area (Å²) in [5.74, 6) is 1.62. The molecule has 14 heteroatoms. The van der Waals surface area contributed by atoms with E-state index >= 15 is 0 Å². The van der Waals surface area contributed by atoms with Crippen molar-refractivity contribution in [1.82, 2.24) is 14.6 Å². The van der Waals surface area contributed by atoms with E-state index in [4.69, 9.17) is 28.6 Å². The van der Waals surface area contributed by atoms with Crippen molar-refractivity contribution < 1.29 is 41.7 Å². The van der Waals surface area contributed by atoms with E-state index in [9.17, 15) is 18.3 Å². The molecule has 13 nitrogen and oxygen atoms in total. The van der Waals surface area contributed by atoms with Crippen molar-refractivity contribution >= 4 is 16.1 Å². The van der Waals surface area contributed by atoms with Gasteiger partial charge in [-0.05, 0) is 48.2 Å². The van der Waals surface area contributed by atoms with Crippen LogP contribution < -0.4 is 24.3 Å². The van der Waals surface area contributed by atoms with Gasteiger partial charge in [-0.1, -0.05) is 26.0 Å². The van der Waals surface area contributed by atoms with Crippen molar-refractivity contribution in [2.45, 2.75) is 37.3 Å². The Labute approximate surface area is 265 Å². The van der Waals surface area contributed by atoms with Crippen LogP contribution in [0.1, 0.15) is 25.0 Å². The van der Waals surface area contributed by atoms with Crippen LogP contribution in [0.15, 0.2) is 88.7 Å². The zero-order chi connectivity index (χ0) is 32.7. The monoisotopic (exact) mass is 648 g/mol. The molecule has 2 N–H and O–H groups in total. The number of hydrogen-bond donors (Lipinski definition) is 2. The maximum Gasteiger partial charge on any atom is 0.413 e. The number of hydrogen-bond acceptors (Lipinski definition) is 11. The number of carbonyl (C=O) groups is 1. The normalized spacial score (nSPS) is 13.7. The minimum Gasteiger partial charge on any atom is -0.469 e. The third-order valence-electron chi connectivity index (χ3n) is 6.88. The Morgan fingerprint density at radius 2 is 1.85 bits per heavy atom. The first-order chi connectivity index (χ1) is 22.1. The maximum atomic E-state index is 13.8. The molecule has 1 amide bonds. The molecule has 2 aromatic carbocycles. The first kappa shape index (κ1) is 32.3. The fourth-order valence-electron chi connectivity index (χ4n) is 4.66. The van der Waals surface area contributed by atoms with Crippen molar-refractivity contribution in [2.75, 3.05) is 19.9 Å². The van der Waals surface area contributed by atoms with Gasteiger partial charge in [0.25, 0.3) is 0 Å². The van der Waals surface area contributed by atoms with Gasteiger partial charge in [0.15, 0.2) is 17.2 Å². The summed E-state index contributed by atoms with van der Waals surface area (Å²) in [7, 11) is -4.09. The van der Waals surface area contributed by atoms with Gasteiger partial charge in [-0.2, -0.15) is 9.57 Å². The number of nitriles is 1. The number of nitrogens with zero attached hydrogens (tertiary/aromatic N) is 3. The van der Waals surface area contributed by atoms with E-state index in [1.807, 2.05) is 19.9 Å². The van der Waals surface area contributed by atoms with Crippen molar-refractivity contribution in [2.24, 2.45) is 5.92 Å². The highest BCUT2D eigenvalue weighted by molar-refractivity contribution is 7.89. The van der Waals surface area contributed by atoms with Crippen LogP contribution in [0.25, 0.3) is 0 Å². The summed E-state index contributed by atoms with van der Waals surface area (Å²) in [5.41, 5.74) is 1.11. The van der Waals surface area contributed by atoms with E-state index in [-0.39, 0.29) is 42.9 Å². The van der Waals surface area contributed by atoms with E-state index in [2.05, 4.69) is 10.3 Å². The number of aromatic nitrogens is 1. The van der Waals surface area contributed by atoms with Crippen molar-refractivity contribution in [3.8, 4) is 34.9 Å². The van der Waals surface area contributed by atoms with Crippen LogP contribution in [-0.2, 0) is 16.4 Å². The Hall–Kier alpha value is -5.10. The number of sulfonamides is 1. The molecule has 0 saturated carbocycles. The molecular formula is C32H32N4O9S. The average Bonchev–Trinajstić information content (AvgIpc) is 3.73. The van der Waals surface area contributed by atoms with Crippen molar-refractivity contribution in [1.29, 1.82) is 5.26 Å². The van der Waals surface area contributed by atoms with Gasteiger partial charge in [-0.15, -0.1) is 0 Å². The van der Waals surface area contributed by atoms with Gasteiger partial charge >= 0.3 is 6.09 Å². The van der Waals surface area contributed by atoms with E-state index in [1.54, 1.807) is 36.4 Å². The lowest BCUT2D eigenvalue weighted by Gasteiger charge is -2.30. The molecule has 5 rings (SSSR count). The highest BCUT2D eigenvalue weighted by atomic mass is 32.2. The Morgan fingerprint density at radius 1 is 1.07 bits per heavy atom. The molecule has 1 aliphatic rings. The number of rotatable bonds is 13. The minimum absolute atomic E-state index is 0.00500. The lowest BCUT2D eigenvalue weighted by Crippen LogP contribution is -2.51. The third-order valence-corrected chi connectivity index (χ3v) is 8.71.